The average Bonchev–Trinajstić information content (AvgIpc) is 2.55. The lowest BCUT2D eigenvalue weighted by atomic mass is 9.63. The molecule has 3 atom stereocenters. The number of halogens is 1. The first-order chi connectivity index (χ1) is 10.7. The van der Waals surface area contributed by atoms with Crippen molar-refractivity contribution < 1.29 is 4.39 Å². The van der Waals surface area contributed by atoms with Crippen LogP contribution in [0, 0.1) is 40.3 Å². The molecular formula is C18H16FN3. The summed E-state index contributed by atoms with van der Waals surface area (Å²) in [5.74, 6) is -0.853. The van der Waals surface area contributed by atoms with Crippen molar-refractivity contribution in [1.29, 1.82) is 10.5 Å². The van der Waals surface area contributed by atoms with Crippen molar-refractivity contribution >= 4 is 0 Å². The van der Waals surface area contributed by atoms with Crippen molar-refractivity contribution in [2.45, 2.75) is 25.2 Å². The highest BCUT2D eigenvalue weighted by Crippen LogP contribution is 2.49. The molecule has 3 rings (SSSR count). The summed E-state index contributed by atoms with van der Waals surface area (Å²) in [4.78, 5) is 0. The van der Waals surface area contributed by atoms with E-state index in [1.165, 1.54) is 12.1 Å². The topological polar surface area (TPSA) is 73.6 Å². The van der Waals surface area contributed by atoms with E-state index in [-0.39, 0.29) is 17.7 Å². The Balaban J connectivity index is 2.17. The summed E-state index contributed by atoms with van der Waals surface area (Å²) < 4.78 is 13.2. The molecule has 0 heterocycles. The van der Waals surface area contributed by atoms with Crippen LogP contribution in [-0.4, -0.2) is 0 Å². The zero-order valence-electron chi connectivity index (χ0n) is 12.1. The molecule has 4 heteroatoms. The maximum Gasteiger partial charge on any atom is 0.123 e. The van der Waals surface area contributed by atoms with Gasteiger partial charge in [0.25, 0.3) is 0 Å². The Labute approximate surface area is 129 Å². The minimum Gasteiger partial charge on any atom is -0.400 e. The van der Waals surface area contributed by atoms with E-state index in [1.807, 2.05) is 0 Å². The largest absolute Gasteiger partial charge is 0.400 e. The Morgan fingerprint density at radius 2 is 1.91 bits per heavy atom. The predicted octanol–water partition coefficient (Wildman–Crippen LogP) is 3.53. The zero-order chi connectivity index (χ0) is 15.7. The summed E-state index contributed by atoms with van der Waals surface area (Å²) >= 11 is 0. The number of benzene rings is 1. The van der Waals surface area contributed by atoms with Crippen molar-refractivity contribution in [3.63, 3.8) is 0 Å². The number of hydrogen-bond donors (Lipinski definition) is 1. The van der Waals surface area contributed by atoms with Gasteiger partial charge in [0.05, 0.1) is 17.6 Å². The molecule has 0 spiro atoms. The lowest BCUT2D eigenvalue weighted by molar-refractivity contribution is 0.368. The van der Waals surface area contributed by atoms with Gasteiger partial charge < -0.3 is 5.73 Å². The second kappa shape index (κ2) is 5.66. The summed E-state index contributed by atoms with van der Waals surface area (Å²) in [6.07, 6.45) is 4.95. The van der Waals surface area contributed by atoms with E-state index in [2.05, 4.69) is 18.2 Å². The van der Waals surface area contributed by atoms with Crippen LogP contribution in [0.2, 0.25) is 0 Å². The van der Waals surface area contributed by atoms with Crippen LogP contribution in [0.25, 0.3) is 0 Å². The van der Waals surface area contributed by atoms with Gasteiger partial charge in [-0.25, -0.2) is 4.39 Å². The Hall–Kier alpha value is -2.59. The van der Waals surface area contributed by atoms with Crippen LogP contribution in [0.5, 0.6) is 0 Å². The van der Waals surface area contributed by atoms with E-state index in [0.717, 1.165) is 30.4 Å². The lowest BCUT2D eigenvalue weighted by Gasteiger charge is -2.39. The van der Waals surface area contributed by atoms with Crippen molar-refractivity contribution in [2.24, 2.45) is 17.6 Å². The van der Waals surface area contributed by atoms with Crippen molar-refractivity contribution in [1.82, 2.24) is 0 Å². The molecule has 0 fully saturated rings. The van der Waals surface area contributed by atoms with E-state index >= 15 is 0 Å². The summed E-state index contributed by atoms with van der Waals surface area (Å²) in [5.41, 5.74) is 8.82. The second-order valence-corrected chi connectivity index (χ2v) is 5.82. The molecule has 110 valence electrons. The fourth-order valence-corrected chi connectivity index (χ4v) is 3.70. The van der Waals surface area contributed by atoms with Crippen molar-refractivity contribution in [2.75, 3.05) is 0 Å². The Morgan fingerprint density at radius 1 is 1.18 bits per heavy atom. The van der Waals surface area contributed by atoms with Gasteiger partial charge in [0.1, 0.15) is 11.9 Å². The molecule has 3 nitrogen and oxygen atoms in total. The molecule has 1 aromatic rings. The van der Waals surface area contributed by atoms with Gasteiger partial charge in [0, 0.05) is 11.6 Å². The van der Waals surface area contributed by atoms with Crippen LogP contribution in [0.1, 0.15) is 30.7 Å². The number of fused-ring (bicyclic) bond motifs is 1. The molecule has 0 radical (unpaired) electrons. The van der Waals surface area contributed by atoms with Crippen molar-refractivity contribution in [3.05, 3.63) is 58.6 Å². The maximum absolute atomic E-state index is 13.2. The third-order valence-corrected chi connectivity index (χ3v) is 4.69. The molecule has 0 amide bonds. The molecule has 0 saturated carbocycles. The lowest BCUT2D eigenvalue weighted by Crippen LogP contribution is -2.34. The number of allylic oxidation sites excluding steroid dienone is 4. The van der Waals surface area contributed by atoms with Crippen molar-refractivity contribution in [3.8, 4) is 12.1 Å². The predicted molar refractivity (Wildman–Crippen MR) is 80.5 cm³/mol. The molecule has 2 aliphatic rings. The molecule has 0 aromatic heterocycles. The van der Waals surface area contributed by atoms with Crippen LogP contribution in [-0.2, 0) is 0 Å². The van der Waals surface area contributed by atoms with E-state index in [0.29, 0.717) is 11.3 Å². The first-order valence-corrected chi connectivity index (χ1v) is 7.42. The quantitative estimate of drug-likeness (QED) is 0.860. The monoisotopic (exact) mass is 293 g/mol. The second-order valence-electron chi connectivity index (χ2n) is 5.82. The Morgan fingerprint density at radius 3 is 2.55 bits per heavy atom. The minimum atomic E-state index is -0.541. The fraction of sp³-hybridized carbons (Fsp3) is 0.333. The van der Waals surface area contributed by atoms with Gasteiger partial charge >= 0.3 is 0 Å². The van der Waals surface area contributed by atoms with E-state index < -0.39 is 5.92 Å². The van der Waals surface area contributed by atoms with E-state index in [9.17, 15) is 14.9 Å². The zero-order valence-corrected chi connectivity index (χ0v) is 12.1. The van der Waals surface area contributed by atoms with Gasteiger partial charge in [0.2, 0.25) is 0 Å². The third kappa shape index (κ3) is 2.18. The summed E-state index contributed by atoms with van der Waals surface area (Å²) in [6.45, 7) is 0. The van der Waals surface area contributed by atoms with Gasteiger partial charge in [-0.05, 0) is 48.4 Å². The van der Waals surface area contributed by atoms with Gasteiger partial charge in [-0.1, -0.05) is 18.2 Å². The summed E-state index contributed by atoms with van der Waals surface area (Å²) in [5, 5.41) is 19.0. The van der Waals surface area contributed by atoms with Gasteiger partial charge in [0.15, 0.2) is 0 Å². The SMILES string of the molecule is N#CC1=C(N)[C@@H](C#N)[C@H](c2ccc(F)cc2)[C@H]2CCCC=C12. The van der Waals surface area contributed by atoms with Gasteiger partial charge in [-0.3, -0.25) is 0 Å². The molecule has 1 aromatic carbocycles. The first kappa shape index (κ1) is 14.4. The Bertz CT molecular complexity index is 731. The number of rotatable bonds is 1. The molecule has 0 unspecified atom stereocenters. The van der Waals surface area contributed by atoms with Crippen LogP contribution in [0.15, 0.2) is 47.2 Å². The highest BCUT2D eigenvalue weighted by molar-refractivity contribution is 5.54. The van der Waals surface area contributed by atoms with Crippen LogP contribution >= 0.6 is 0 Å². The molecule has 0 saturated heterocycles. The van der Waals surface area contributed by atoms with Crippen LogP contribution in [0.4, 0.5) is 4.39 Å². The number of nitrogens with two attached hydrogens (primary N) is 1. The van der Waals surface area contributed by atoms with Crippen LogP contribution in [0.3, 0.4) is 0 Å². The molecule has 2 N–H and O–H groups in total. The number of nitriles is 2. The number of nitrogens with zero attached hydrogens (tertiary/aromatic N) is 2. The number of hydrogen-bond acceptors (Lipinski definition) is 3. The smallest absolute Gasteiger partial charge is 0.123 e. The molecule has 2 aliphatic carbocycles. The molecule has 0 bridgehead atoms. The van der Waals surface area contributed by atoms with Gasteiger partial charge in [-0.2, -0.15) is 10.5 Å². The highest BCUT2D eigenvalue weighted by atomic mass is 19.1. The van der Waals surface area contributed by atoms with Gasteiger partial charge in [-0.15, -0.1) is 0 Å². The maximum atomic E-state index is 13.2. The molecule has 22 heavy (non-hydrogen) atoms. The summed E-state index contributed by atoms with van der Waals surface area (Å²) in [6, 6.07) is 10.7. The standard InChI is InChI=1S/C18H16FN3/c19-12-7-5-11(6-8-12)17-14-4-2-1-3-13(14)15(9-20)18(22)16(17)10-21/h3,5-8,14,16-17H,1-2,4,22H2/t14-,16-,17+/m0/s1. The Kier molecular flexibility index (Phi) is 3.69. The normalized spacial score (nSPS) is 27.4. The minimum absolute atomic E-state index is 0.103. The first-order valence-electron chi connectivity index (χ1n) is 7.42. The molecular weight excluding hydrogens is 277 g/mol. The van der Waals surface area contributed by atoms with E-state index in [4.69, 9.17) is 5.73 Å². The molecule has 0 aliphatic heterocycles. The van der Waals surface area contributed by atoms with Crippen LogP contribution < -0.4 is 5.73 Å². The fourth-order valence-electron chi connectivity index (χ4n) is 3.70. The third-order valence-electron chi connectivity index (χ3n) is 4.69. The average molecular weight is 293 g/mol. The summed E-state index contributed by atoms with van der Waals surface area (Å²) in [7, 11) is 0. The highest BCUT2D eigenvalue weighted by Gasteiger charge is 2.42. The van der Waals surface area contributed by atoms with E-state index in [1.54, 1.807) is 12.1 Å².